The number of fused-ring (bicyclic) bond motifs is 1. The van der Waals surface area contributed by atoms with E-state index in [9.17, 15) is 4.79 Å². The van der Waals surface area contributed by atoms with E-state index in [1.165, 1.54) is 0 Å². The van der Waals surface area contributed by atoms with Gasteiger partial charge in [-0.1, -0.05) is 12.1 Å². The Morgan fingerprint density at radius 3 is 3.04 bits per heavy atom. The van der Waals surface area contributed by atoms with Crippen LogP contribution in [0.15, 0.2) is 18.2 Å². The molecule has 0 bridgehead atoms. The van der Waals surface area contributed by atoms with E-state index in [0.29, 0.717) is 17.7 Å². The number of benzene rings is 1. The first-order valence-corrected chi connectivity index (χ1v) is 9.17. The highest BCUT2D eigenvalue weighted by molar-refractivity contribution is 5.97. The van der Waals surface area contributed by atoms with Gasteiger partial charge in [0.05, 0.1) is 23.8 Å². The lowest BCUT2D eigenvalue weighted by Crippen LogP contribution is -2.54. The van der Waals surface area contributed by atoms with Crippen molar-refractivity contribution in [3.63, 3.8) is 0 Å². The van der Waals surface area contributed by atoms with Crippen LogP contribution >= 0.6 is 0 Å². The fourth-order valence-corrected chi connectivity index (χ4v) is 3.84. The molecule has 6 nitrogen and oxygen atoms in total. The first-order chi connectivity index (χ1) is 12.4. The van der Waals surface area contributed by atoms with E-state index >= 15 is 0 Å². The zero-order chi connectivity index (χ0) is 18.7. The molecule has 2 atom stereocenters. The van der Waals surface area contributed by atoms with Crippen molar-refractivity contribution in [1.29, 1.82) is 5.26 Å². The number of carbonyl (C=O) groups excluding carboxylic acids is 1. The van der Waals surface area contributed by atoms with Gasteiger partial charge in [0.1, 0.15) is 11.4 Å². The molecular formula is C20H27N3O3. The van der Waals surface area contributed by atoms with Crippen LogP contribution in [0.25, 0.3) is 0 Å². The Kier molecular flexibility index (Phi) is 5.49. The first kappa shape index (κ1) is 18.7. The van der Waals surface area contributed by atoms with E-state index in [4.69, 9.17) is 14.7 Å². The van der Waals surface area contributed by atoms with Crippen molar-refractivity contribution in [3.8, 4) is 11.8 Å². The molecule has 2 aliphatic rings. The predicted molar refractivity (Wildman–Crippen MR) is 98.2 cm³/mol. The SMILES string of the molecule is COC1CN(CCC#N)CCC1NC(=O)c1cccc2c1OC(C)(C)C2. The van der Waals surface area contributed by atoms with Crippen molar-refractivity contribution in [2.24, 2.45) is 0 Å². The Morgan fingerprint density at radius 2 is 2.31 bits per heavy atom. The summed E-state index contributed by atoms with van der Waals surface area (Å²) in [6.07, 6.45) is 2.04. The molecule has 0 aliphatic carbocycles. The molecular weight excluding hydrogens is 330 g/mol. The Morgan fingerprint density at radius 1 is 1.50 bits per heavy atom. The van der Waals surface area contributed by atoms with Crippen LogP contribution in [0.2, 0.25) is 0 Å². The van der Waals surface area contributed by atoms with Gasteiger partial charge in [0.15, 0.2) is 0 Å². The molecule has 2 unspecified atom stereocenters. The zero-order valence-electron chi connectivity index (χ0n) is 15.7. The number of rotatable bonds is 5. The average molecular weight is 357 g/mol. The van der Waals surface area contributed by atoms with E-state index < -0.39 is 0 Å². The maximum absolute atomic E-state index is 12.9. The van der Waals surface area contributed by atoms with Gasteiger partial charge in [-0.3, -0.25) is 9.69 Å². The van der Waals surface area contributed by atoms with Gasteiger partial charge >= 0.3 is 0 Å². The number of methoxy groups -OCH3 is 1. The summed E-state index contributed by atoms with van der Waals surface area (Å²) < 4.78 is 11.6. The monoisotopic (exact) mass is 357 g/mol. The van der Waals surface area contributed by atoms with E-state index in [0.717, 1.165) is 38.0 Å². The minimum atomic E-state index is -0.278. The van der Waals surface area contributed by atoms with Gasteiger partial charge < -0.3 is 14.8 Å². The van der Waals surface area contributed by atoms with Gasteiger partial charge in [-0.05, 0) is 31.9 Å². The highest BCUT2D eigenvalue weighted by atomic mass is 16.5. The molecule has 140 valence electrons. The maximum atomic E-state index is 12.9. The molecule has 6 heteroatoms. The normalized spacial score (nSPS) is 24.4. The predicted octanol–water partition coefficient (Wildman–Crippen LogP) is 2.13. The molecule has 26 heavy (non-hydrogen) atoms. The molecule has 1 fully saturated rings. The summed E-state index contributed by atoms with van der Waals surface area (Å²) in [5.74, 6) is 0.590. The van der Waals surface area contributed by atoms with Gasteiger partial charge in [0.2, 0.25) is 0 Å². The van der Waals surface area contributed by atoms with Crippen LogP contribution in [0.1, 0.15) is 42.6 Å². The Bertz CT molecular complexity index is 711. The Labute approximate surface area is 155 Å². The van der Waals surface area contributed by atoms with Gasteiger partial charge in [-0.15, -0.1) is 0 Å². The number of nitriles is 1. The Hall–Kier alpha value is -2.10. The molecule has 1 N–H and O–H groups in total. The van der Waals surface area contributed by atoms with Gasteiger partial charge in [0, 0.05) is 39.6 Å². The lowest BCUT2D eigenvalue weighted by molar-refractivity contribution is 0.00701. The molecule has 2 heterocycles. The number of hydrogen-bond acceptors (Lipinski definition) is 5. The summed E-state index contributed by atoms with van der Waals surface area (Å²) >= 11 is 0. The molecule has 1 aromatic rings. The summed E-state index contributed by atoms with van der Waals surface area (Å²) in [4.78, 5) is 15.1. The molecule has 0 spiro atoms. The highest BCUT2D eigenvalue weighted by Crippen LogP contribution is 2.37. The lowest BCUT2D eigenvalue weighted by atomic mass is 9.99. The summed E-state index contributed by atoms with van der Waals surface area (Å²) in [6.45, 7) is 6.38. The van der Waals surface area contributed by atoms with Crippen LogP contribution in [0.3, 0.4) is 0 Å². The molecule has 0 aromatic heterocycles. The van der Waals surface area contributed by atoms with Crippen molar-refractivity contribution in [1.82, 2.24) is 10.2 Å². The first-order valence-electron chi connectivity index (χ1n) is 9.17. The maximum Gasteiger partial charge on any atom is 0.255 e. The van der Waals surface area contributed by atoms with Crippen molar-refractivity contribution in [3.05, 3.63) is 29.3 Å². The third kappa shape index (κ3) is 4.00. The number of nitrogens with zero attached hydrogens (tertiary/aromatic N) is 2. The fraction of sp³-hybridized carbons (Fsp3) is 0.600. The van der Waals surface area contributed by atoms with Gasteiger partial charge in [0.25, 0.3) is 5.91 Å². The van der Waals surface area contributed by atoms with Gasteiger partial charge in [-0.25, -0.2) is 0 Å². The third-order valence-corrected chi connectivity index (χ3v) is 5.14. The summed E-state index contributed by atoms with van der Waals surface area (Å²) in [5.41, 5.74) is 1.40. The number of carbonyl (C=O) groups is 1. The standard InChI is InChI=1S/C20H27N3O3/c1-20(2)12-14-6-4-7-15(18(14)26-20)19(24)22-16-8-11-23(10-5-9-21)13-17(16)25-3/h4,6-7,16-17H,5,8,10-13H2,1-3H3,(H,22,24). The summed E-state index contributed by atoms with van der Waals surface area (Å²) in [7, 11) is 1.67. The number of ether oxygens (including phenoxy) is 2. The second-order valence-corrected chi connectivity index (χ2v) is 7.68. The fourth-order valence-electron chi connectivity index (χ4n) is 3.84. The van der Waals surface area contributed by atoms with Crippen LogP contribution in [-0.4, -0.2) is 55.3 Å². The molecule has 1 saturated heterocycles. The number of amides is 1. The van der Waals surface area contributed by atoms with Crippen molar-refractivity contribution >= 4 is 5.91 Å². The Balaban J connectivity index is 1.68. The molecule has 0 saturated carbocycles. The second-order valence-electron chi connectivity index (χ2n) is 7.68. The van der Waals surface area contributed by atoms with Crippen LogP contribution in [-0.2, 0) is 11.2 Å². The van der Waals surface area contributed by atoms with E-state index in [2.05, 4.69) is 16.3 Å². The molecule has 2 aliphatic heterocycles. The lowest BCUT2D eigenvalue weighted by Gasteiger charge is -2.37. The third-order valence-electron chi connectivity index (χ3n) is 5.14. The van der Waals surface area contributed by atoms with E-state index in [1.807, 2.05) is 32.0 Å². The van der Waals surface area contributed by atoms with E-state index in [1.54, 1.807) is 7.11 Å². The molecule has 1 aromatic carbocycles. The number of para-hydroxylation sites is 1. The molecule has 3 rings (SSSR count). The largest absolute Gasteiger partial charge is 0.486 e. The van der Waals surface area contributed by atoms with Crippen molar-refractivity contribution < 1.29 is 14.3 Å². The van der Waals surface area contributed by atoms with E-state index in [-0.39, 0.29) is 23.7 Å². The summed E-state index contributed by atoms with van der Waals surface area (Å²) in [5, 5.41) is 11.9. The zero-order valence-corrected chi connectivity index (χ0v) is 15.7. The minimum Gasteiger partial charge on any atom is -0.486 e. The number of likely N-dealkylation sites (tertiary alicyclic amines) is 1. The van der Waals surface area contributed by atoms with Crippen LogP contribution in [0.5, 0.6) is 5.75 Å². The average Bonchev–Trinajstić information content (AvgIpc) is 2.94. The molecule has 1 amide bonds. The van der Waals surface area contributed by atoms with Crippen molar-refractivity contribution in [2.45, 2.75) is 50.9 Å². The topological polar surface area (TPSA) is 74.6 Å². The smallest absolute Gasteiger partial charge is 0.255 e. The number of piperidine rings is 1. The second kappa shape index (κ2) is 7.65. The van der Waals surface area contributed by atoms with Crippen LogP contribution in [0, 0.1) is 11.3 Å². The highest BCUT2D eigenvalue weighted by Gasteiger charge is 2.35. The van der Waals surface area contributed by atoms with Gasteiger partial charge in [-0.2, -0.15) is 5.26 Å². The number of hydrogen-bond donors (Lipinski definition) is 1. The quantitative estimate of drug-likeness (QED) is 0.874. The van der Waals surface area contributed by atoms with Crippen LogP contribution < -0.4 is 10.1 Å². The minimum absolute atomic E-state index is 0.0453. The summed E-state index contributed by atoms with van der Waals surface area (Å²) in [6, 6.07) is 7.88. The van der Waals surface area contributed by atoms with Crippen molar-refractivity contribution in [2.75, 3.05) is 26.7 Å². The number of nitrogens with one attached hydrogen (secondary N) is 1. The molecule has 0 radical (unpaired) electrons. The van der Waals surface area contributed by atoms with Crippen LogP contribution in [0.4, 0.5) is 0 Å².